The Bertz CT molecular complexity index is 279. The van der Waals surface area contributed by atoms with Crippen molar-refractivity contribution < 1.29 is 23.8 Å². The zero-order valence-corrected chi connectivity index (χ0v) is 13.4. The number of hydrogen-bond donors (Lipinski definition) is 1. The first-order chi connectivity index (χ1) is 10.2. The van der Waals surface area contributed by atoms with Crippen molar-refractivity contribution in [2.45, 2.75) is 19.8 Å². The second-order valence-corrected chi connectivity index (χ2v) is 4.41. The van der Waals surface area contributed by atoms with Crippen LogP contribution in [0.5, 0.6) is 0 Å². The number of rotatable bonds is 13. The summed E-state index contributed by atoms with van der Waals surface area (Å²) in [5.41, 5.74) is 0. The van der Waals surface area contributed by atoms with E-state index in [0.717, 1.165) is 0 Å². The highest BCUT2D eigenvalue weighted by atomic mass is 16.5. The highest BCUT2D eigenvalue weighted by Gasteiger charge is 2.14. The first kappa shape index (κ1) is 19.8. The monoisotopic (exact) mass is 304 g/mol. The summed E-state index contributed by atoms with van der Waals surface area (Å²) in [4.78, 5) is 25.3. The Morgan fingerprint density at radius 3 is 2.14 bits per heavy atom. The third-order valence-corrected chi connectivity index (χ3v) is 2.82. The molecule has 0 saturated carbocycles. The summed E-state index contributed by atoms with van der Waals surface area (Å²) < 4.78 is 15.1. The molecular weight excluding hydrogens is 276 g/mol. The van der Waals surface area contributed by atoms with Crippen LogP contribution in [-0.4, -0.2) is 77.0 Å². The summed E-state index contributed by atoms with van der Waals surface area (Å²) >= 11 is 0. The van der Waals surface area contributed by atoms with Crippen LogP contribution < -0.4 is 5.32 Å². The normalized spacial score (nSPS) is 10.4. The molecule has 0 fully saturated rings. The molecule has 0 aliphatic carbocycles. The number of nitrogens with zero attached hydrogens (tertiary/aromatic N) is 1. The molecule has 0 bridgehead atoms. The summed E-state index contributed by atoms with van der Waals surface area (Å²) in [6.45, 7) is 5.43. The molecule has 0 aliphatic rings. The minimum Gasteiger partial charge on any atom is -0.383 e. The first-order valence-electron chi connectivity index (χ1n) is 7.25. The second-order valence-electron chi connectivity index (χ2n) is 4.41. The van der Waals surface area contributed by atoms with Crippen LogP contribution in [0, 0.1) is 0 Å². The summed E-state index contributed by atoms with van der Waals surface area (Å²) in [5.74, 6) is -0.203. The lowest BCUT2D eigenvalue weighted by molar-refractivity contribution is -0.134. The largest absolute Gasteiger partial charge is 0.383 e. The van der Waals surface area contributed by atoms with E-state index in [0.29, 0.717) is 46.1 Å². The molecule has 0 aromatic rings. The summed E-state index contributed by atoms with van der Waals surface area (Å²) in [5, 5.41) is 2.71. The van der Waals surface area contributed by atoms with Crippen molar-refractivity contribution in [3.63, 3.8) is 0 Å². The minimum atomic E-state index is -0.138. The Morgan fingerprint density at radius 2 is 1.62 bits per heavy atom. The van der Waals surface area contributed by atoms with E-state index in [2.05, 4.69) is 5.32 Å². The van der Waals surface area contributed by atoms with Gasteiger partial charge in [-0.05, 0) is 6.92 Å². The van der Waals surface area contributed by atoms with Gasteiger partial charge in [-0.3, -0.25) is 9.59 Å². The lowest BCUT2D eigenvalue weighted by atomic mass is 10.2. The molecule has 0 atom stereocenters. The molecule has 7 heteroatoms. The van der Waals surface area contributed by atoms with Gasteiger partial charge < -0.3 is 24.4 Å². The van der Waals surface area contributed by atoms with Crippen molar-refractivity contribution >= 4 is 11.8 Å². The maximum atomic E-state index is 12.0. The van der Waals surface area contributed by atoms with Gasteiger partial charge >= 0.3 is 0 Å². The van der Waals surface area contributed by atoms with Crippen molar-refractivity contribution in [1.29, 1.82) is 0 Å². The summed E-state index contributed by atoms with van der Waals surface area (Å²) in [6, 6.07) is 0. The van der Waals surface area contributed by atoms with Gasteiger partial charge in [0.25, 0.3) is 0 Å². The molecule has 0 unspecified atom stereocenters. The molecule has 124 valence electrons. The Labute approximate surface area is 126 Å². The number of nitrogens with one attached hydrogen (secondary N) is 1. The third-order valence-electron chi connectivity index (χ3n) is 2.82. The predicted molar refractivity (Wildman–Crippen MR) is 79.1 cm³/mol. The Kier molecular flexibility index (Phi) is 13.0. The van der Waals surface area contributed by atoms with Gasteiger partial charge in [0.1, 0.15) is 0 Å². The van der Waals surface area contributed by atoms with E-state index >= 15 is 0 Å². The molecule has 0 saturated heterocycles. The molecule has 0 aromatic carbocycles. The van der Waals surface area contributed by atoms with E-state index in [9.17, 15) is 9.59 Å². The van der Waals surface area contributed by atoms with Gasteiger partial charge in [-0.15, -0.1) is 0 Å². The van der Waals surface area contributed by atoms with Crippen molar-refractivity contribution in [2.24, 2.45) is 0 Å². The first-order valence-corrected chi connectivity index (χ1v) is 7.25. The van der Waals surface area contributed by atoms with E-state index in [1.54, 1.807) is 19.1 Å². The molecular formula is C14H28N2O5. The minimum absolute atomic E-state index is 0.0657. The lowest BCUT2D eigenvalue weighted by Crippen LogP contribution is -2.37. The van der Waals surface area contributed by atoms with Gasteiger partial charge in [-0.1, -0.05) is 0 Å². The molecule has 0 aromatic heterocycles. The molecule has 2 amide bonds. The van der Waals surface area contributed by atoms with Crippen LogP contribution in [0.15, 0.2) is 0 Å². The Hall–Kier alpha value is -1.18. The van der Waals surface area contributed by atoms with Crippen LogP contribution in [0.25, 0.3) is 0 Å². The van der Waals surface area contributed by atoms with Gasteiger partial charge in [-0.25, -0.2) is 0 Å². The smallest absolute Gasteiger partial charge is 0.223 e. The van der Waals surface area contributed by atoms with Crippen molar-refractivity contribution in [2.75, 3.05) is 60.3 Å². The number of amides is 2. The topological polar surface area (TPSA) is 77.1 Å². The fourth-order valence-electron chi connectivity index (χ4n) is 1.64. The molecule has 0 spiro atoms. The fourth-order valence-corrected chi connectivity index (χ4v) is 1.64. The molecule has 1 N–H and O–H groups in total. The molecule has 21 heavy (non-hydrogen) atoms. The standard InChI is InChI=1S/C14H28N2O5/c1-4-21-10-7-15-13(17)5-6-14(18)16(8-11-19-2)9-12-20-3/h4-12H2,1-3H3,(H,15,17). The number of methoxy groups -OCH3 is 2. The van der Waals surface area contributed by atoms with Gasteiger partial charge in [-0.2, -0.15) is 0 Å². The lowest BCUT2D eigenvalue weighted by Gasteiger charge is -2.22. The van der Waals surface area contributed by atoms with Gasteiger partial charge in [0.15, 0.2) is 0 Å². The van der Waals surface area contributed by atoms with Gasteiger partial charge in [0, 0.05) is 53.3 Å². The van der Waals surface area contributed by atoms with E-state index in [1.807, 2.05) is 6.92 Å². The van der Waals surface area contributed by atoms with Crippen molar-refractivity contribution in [3.05, 3.63) is 0 Å². The number of ether oxygens (including phenoxy) is 3. The summed E-state index contributed by atoms with van der Waals surface area (Å²) in [6.07, 6.45) is 0.370. The average molecular weight is 304 g/mol. The quantitative estimate of drug-likeness (QED) is 0.486. The van der Waals surface area contributed by atoms with Crippen LogP contribution in [0.3, 0.4) is 0 Å². The zero-order chi connectivity index (χ0) is 15.9. The number of carbonyl (C=O) groups is 2. The third kappa shape index (κ3) is 11.2. The van der Waals surface area contributed by atoms with Crippen LogP contribution in [0.4, 0.5) is 0 Å². The van der Waals surface area contributed by atoms with Crippen LogP contribution in [0.2, 0.25) is 0 Å². The number of carbonyl (C=O) groups excluding carboxylic acids is 2. The maximum absolute atomic E-state index is 12.0. The van der Waals surface area contributed by atoms with Gasteiger partial charge in [0.05, 0.1) is 19.8 Å². The Morgan fingerprint density at radius 1 is 1.00 bits per heavy atom. The molecule has 0 heterocycles. The average Bonchev–Trinajstić information content (AvgIpc) is 2.49. The van der Waals surface area contributed by atoms with E-state index in [1.165, 1.54) is 0 Å². The predicted octanol–water partition coefficient (Wildman–Crippen LogP) is 0.0407. The highest BCUT2D eigenvalue weighted by molar-refractivity contribution is 5.83. The van der Waals surface area contributed by atoms with Crippen LogP contribution in [-0.2, 0) is 23.8 Å². The van der Waals surface area contributed by atoms with E-state index < -0.39 is 0 Å². The number of hydrogen-bond acceptors (Lipinski definition) is 5. The van der Waals surface area contributed by atoms with E-state index in [-0.39, 0.29) is 24.7 Å². The van der Waals surface area contributed by atoms with Crippen LogP contribution >= 0.6 is 0 Å². The molecule has 0 rings (SSSR count). The molecule has 7 nitrogen and oxygen atoms in total. The Balaban J connectivity index is 3.96. The van der Waals surface area contributed by atoms with Crippen LogP contribution in [0.1, 0.15) is 19.8 Å². The van der Waals surface area contributed by atoms with Crippen molar-refractivity contribution in [3.8, 4) is 0 Å². The second kappa shape index (κ2) is 13.8. The highest BCUT2D eigenvalue weighted by Crippen LogP contribution is 1.99. The molecule has 0 aliphatic heterocycles. The van der Waals surface area contributed by atoms with E-state index in [4.69, 9.17) is 14.2 Å². The SMILES string of the molecule is CCOCCNC(=O)CCC(=O)N(CCOC)CCOC. The van der Waals surface area contributed by atoms with Gasteiger partial charge in [0.2, 0.25) is 11.8 Å². The zero-order valence-electron chi connectivity index (χ0n) is 13.4. The molecule has 0 radical (unpaired) electrons. The maximum Gasteiger partial charge on any atom is 0.223 e. The van der Waals surface area contributed by atoms with Crippen molar-refractivity contribution in [1.82, 2.24) is 10.2 Å². The summed E-state index contributed by atoms with van der Waals surface area (Å²) in [7, 11) is 3.18. The fraction of sp³-hybridized carbons (Fsp3) is 0.857.